The van der Waals surface area contributed by atoms with Crippen LogP contribution in [0.4, 0.5) is 10.2 Å². The number of halogens is 1. The van der Waals surface area contributed by atoms with E-state index in [9.17, 15) is 14.0 Å². The van der Waals surface area contributed by atoms with Crippen molar-refractivity contribution in [2.75, 3.05) is 18.0 Å². The van der Waals surface area contributed by atoms with Crippen molar-refractivity contribution in [3.63, 3.8) is 0 Å². The maximum atomic E-state index is 14.1. The van der Waals surface area contributed by atoms with Crippen LogP contribution in [0.1, 0.15) is 67.2 Å². The van der Waals surface area contributed by atoms with Crippen LogP contribution < -0.4 is 4.90 Å². The molecule has 7 heteroatoms. The van der Waals surface area contributed by atoms with Gasteiger partial charge in [0.25, 0.3) is 0 Å². The van der Waals surface area contributed by atoms with Gasteiger partial charge in [0.2, 0.25) is 11.8 Å². The number of aromatic nitrogens is 2. The van der Waals surface area contributed by atoms with Gasteiger partial charge in [-0.2, -0.15) is 0 Å². The molecule has 32 heavy (non-hydrogen) atoms. The van der Waals surface area contributed by atoms with Crippen LogP contribution in [0.15, 0.2) is 24.3 Å². The molecule has 2 aromatic rings. The molecular formula is C25H29FN4O2. The Labute approximate surface area is 187 Å². The third-order valence-corrected chi connectivity index (χ3v) is 7.20. The van der Waals surface area contributed by atoms with Crippen molar-refractivity contribution in [1.29, 1.82) is 0 Å². The molecule has 1 atom stereocenters. The van der Waals surface area contributed by atoms with E-state index in [1.165, 1.54) is 6.07 Å². The molecule has 1 aliphatic carbocycles. The highest BCUT2D eigenvalue weighted by molar-refractivity contribution is 6.00. The Morgan fingerprint density at radius 2 is 1.91 bits per heavy atom. The predicted octanol–water partition coefficient (Wildman–Crippen LogP) is 3.91. The van der Waals surface area contributed by atoms with Gasteiger partial charge in [-0.3, -0.25) is 14.5 Å². The number of rotatable bonds is 5. The molecule has 1 aromatic carbocycles. The number of benzene rings is 1. The van der Waals surface area contributed by atoms with Crippen LogP contribution in [0.3, 0.4) is 0 Å². The van der Waals surface area contributed by atoms with Crippen molar-refractivity contribution in [2.24, 2.45) is 5.92 Å². The molecule has 0 spiro atoms. The summed E-state index contributed by atoms with van der Waals surface area (Å²) in [5.41, 5.74) is 2.23. The first-order chi connectivity index (χ1) is 15.5. The van der Waals surface area contributed by atoms with Crippen LogP contribution in [-0.4, -0.2) is 39.8 Å². The molecule has 0 bridgehead atoms. The second-order valence-electron chi connectivity index (χ2n) is 9.20. The summed E-state index contributed by atoms with van der Waals surface area (Å²) < 4.78 is 14.1. The maximum Gasteiger partial charge on any atom is 0.232 e. The van der Waals surface area contributed by atoms with Crippen molar-refractivity contribution in [3.05, 3.63) is 52.7 Å². The number of aryl methyl sites for hydroxylation is 1. The molecule has 1 saturated heterocycles. The SMILES string of the molecule is Cc1nc(C2CCCN2C(=O)C2CCCC2)nc2c1CC(=O)N2CCc1ccccc1F. The summed E-state index contributed by atoms with van der Waals surface area (Å²) in [7, 11) is 0. The van der Waals surface area contributed by atoms with E-state index in [0.29, 0.717) is 30.2 Å². The summed E-state index contributed by atoms with van der Waals surface area (Å²) in [6, 6.07) is 6.53. The minimum atomic E-state index is -0.258. The average Bonchev–Trinajstić information content (AvgIpc) is 3.53. The highest BCUT2D eigenvalue weighted by Gasteiger charge is 2.38. The number of carbonyl (C=O) groups excluding carboxylic acids is 2. The summed E-state index contributed by atoms with van der Waals surface area (Å²) in [5, 5.41) is 0. The summed E-state index contributed by atoms with van der Waals surface area (Å²) in [6.07, 6.45) is 6.69. The van der Waals surface area contributed by atoms with E-state index in [4.69, 9.17) is 9.97 Å². The number of likely N-dealkylation sites (tertiary alicyclic amines) is 1. The number of carbonyl (C=O) groups is 2. The van der Waals surface area contributed by atoms with E-state index in [1.807, 2.05) is 11.8 Å². The molecule has 168 valence electrons. The zero-order valence-corrected chi connectivity index (χ0v) is 18.5. The third-order valence-electron chi connectivity index (χ3n) is 7.20. The third kappa shape index (κ3) is 3.78. The van der Waals surface area contributed by atoms with Crippen molar-refractivity contribution < 1.29 is 14.0 Å². The fraction of sp³-hybridized carbons (Fsp3) is 0.520. The largest absolute Gasteiger partial charge is 0.332 e. The minimum Gasteiger partial charge on any atom is -0.332 e. The Hall–Kier alpha value is -2.83. The van der Waals surface area contributed by atoms with Gasteiger partial charge in [0.1, 0.15) is 11.6 Å². The van der Waals surface area contributed by atoms with Gasteiger partial charge in [-0.15, -0.1) is 0 Å². The molecule has 2 fully saturated rings. The van der Waals surface area contributed by atoms with Gasteiger partial charge in [0, 0.05) is 30.3 Å². The van der Waals surface area contributed by atoms with Crippen LogP contribution in [0.2, 0.25) is 0 Å². The Balaban J connectivity index is 1.40. The lowest BCUT2D eigenvalue weighted by Crippen LogP contribution is -2.36. The molecule has 1 aromatic heterocycles. The van der Waals surface area contributed by atoms with Gasteiger partial charge < -0.3 is 4.90 Å². The quantitative estimate of drug-likeness (QED) is 0.713. The van der Waals surface area contributed by atoms with Gasteiger partial charge in [0.05, 0.1) is 12.5 Å². The van der Waals surface area contributed by atoms with Gasteiger partial charge in [-0.25, -0.2) is 14.4 Å². The van der Waals surface area contributed by atoms with Crippen molar-refractivity contribution in [1.82, 2.24) is 14.9 Å². The summed E-state index contributed by atoms with van der Waals surface area (Å²) in [5.74, 6) is 1.34. The lowest BCUT2D eigenvalue weighted by Gasteiger charge is -2.27. The van der Waals surface area contributed by atoms with Gasteiger partial charge in [0.15, 0.2) is 5.82 Å². The second kappa shape index (κ2) is 8.60. The zero-order chi connectivity index (χ0) is 22.2. The van der Waals surface area contributed by atoms with Crippen LogP contribution in [0.5, 0.6) is 0 Å². The molecule has 3 heterocycles. The van der Waals surface area contributed by atoms with E-state index in [0.717, 1.165) is 56.3 Å². The van der Waals surface area contributed by atoms with Crippen LogP contribution in [0, 0.1) is 18.7 Å². The predicted molar refractivity (Wildman–Crippen MR) is 119 cm³/mol. The normalized spacial score (nSPS) is 20.9. The monoisotopic (exact) mass is 436 g/mol. The van der Waals surface area contributed by atoms with E-state index in [-0.39, 0.29) is 36.0 Å². The van der Waals surface area contributed by atoms with Crippen LogP contribution in [-0.2, 0) is 22.4 Å². The lowest BCUT2D eigenvalue weighted by atomic mass is 10.1. The maximum absolute atomic E-state index is 14.1. The molecule has 1 unspecified atom stereocenters. The summed E-state index contributed by atoms with van der Waals surface area (Å²) in [6.45, 7) is 3.03. The lowest BCUT2D eigenvalue weighted by molar-refractivity contribution is -0.136. The highest BCUT2D eigenvalue weighted by atomic mass is 19.1. The fourth-order valence-electron chi connectivity index (χ4n) is 5.42. The van der Waals surface area contributed by atoms with Gasteiger partial charge in [-0.1, -0.05) is 31.0 Å². The molecule has 5 rings (SSSR count). The number of hydrogen-bond donors (Lipinski definition) is 0. The van der Waals surface area contributed by atoms with Crippen molar-refractivity contribution in [3.8, 4) is 0 Å². The first kappa shape index (κ1) is 21.0. The van der Waals surface area contributed by atoms with E-state index < -0.39 is 0 Å². The van der Waals surface area contributed by atoms with Gasteiger partial charge >= 0.3 is 0 Å². The molecule has 0 N–H and O–H groups in total. The topological polar surface area (TPSA) is 66.4 Å². The summed E-state index contributed by atoms with van der Waals surface area (Å²) in [4.78, 5) is 39.1. The van der Waals surface area contributed by atoms with Crippen molar-refractivity contribution >= 4 is 17.6 Å². The number of nitrogens with zero attached hydrogens (tertiary/aromatic N) is 4. The smallest absolute Gasteiger partial charge is 0.232 e. The Morgan fingerprint density at radius 3 is 2.69 bits per heavy atom. The van der Waals surface area contributed by atoms with E-state index in [2.05, 4.69) is 0 Å². The number of hydrogen-bond acceptors (Lipinski definition) is 4. The van der Waals surface area contributed by atoms with Gasteiger partial charge in [-0.05, 0) is 50.7 Å². The van der Waals surface area contributed by atoms with E-state index >= 15 is 0 Å². The average molecular weight is 437 g/mol. The fourth-order valence-corrected chi connectivity index (χ4v) is 5.42. The molecule has 1 saturated carbocycles. The molecule has 0 radical (unpaired) electrons. The first-order valence-electron chi connectivity index (χ1n) is 11.7. The molecule has 2 amide bonds. The standard InChI is InChI=1S/C25H29FN4O2/c1-16-19-15-22(31)30(14-12-17-7-4-5-10-20(17)26)24(19)28-23(27-16)21-11-6-13-29(21)25(32)18-8-2-3-9-18/h4-5,7,10,18,21H,2-3,6,8-9,11-15H2,1H3. The Kier molecular flexibility index (Phi) is 5.66. The molecule has 6 nitrogen and oxygen atoms in total. The molecule has 3 aliphatic rings. The van der Waals surface area contributed by atoms with Crippen molar-refractivity contribution in [2.45, 2.75) is 64.3 Å². The number of fused-ring (bicyclic) bond motifs is 1. The minimum absolute atomic E-state index is 0.0313. The Bertz CT molecular complexity index is 1050. The second-order valence-corrected chi connectivity index (χ2v) is 9.20. The molecular weight excluding hydrogens is 407 g/mol. The zero-order valence-electron chi connectivity index (χ0n) is 18.5. The summed E-state index contributed by atoms with van der Waals surface area (Å²) >= 11 is 0. The van der Waals surface area contributed by atoms with E-state index in [1.54, 1.807) is 23.1 Å². The first-order valence-corrected chi connectivity index (χ1v) is 11.7. The number of amides is 2. The van der Waals surface area contributed by atoms with Crippen LogP contribution >= 0.6 is 0 Å². The highest BCUT2D eigenvalue weighted by Crippen LogP contribution is 2.37. The molecule has 2 aliphatic heterocycles. The Morgan fingerprint density at radius 1 is 1.12 bits per heavy atom. The van der Waals surface area contributed by atoms with Crippen LogP contribution in [0.25, 0.3) is 0 Å². The number of anilines is 1.